The van der Waals surface area contributed by atoms with Crippen molar-refractivity contribution in [3.63, 3.8) is 0 Å². The molecule has 0 saturated heterocycles. The fourth-order valence-electron chi connectivity index (χ4n) is 5.73. The lowest BCUT2D eigenvalue weighted by Crippen LogP contribution is -2.00. The molecule has 6 aromatic carbocycles. The van der Waals surface area contributed by atoms with Gasteiger partial charge in [0.2, 0.25) is 0 Å². The van der Waals surface area contributed by atoms with Gasteiger partial charge in [0, 0.05) is 33.8 Å². The SMILES string of the molecule is c1ccc(-c2cccc(-c3nc(-c4ccc(-c5cc6ccccc6cn5)cc4)nc(-c4cccc(-c5ccccc5)c4)n3)c2)cc1. The van der Waals surface area contributed by atoms with Gasteiger partial charge in [-0.2, -0.15) is 0 Å². The number of rotatable bonds is 6. The molecule has 216 valence electrons. The monoisotopic (exact) mass is 588 g/mol. The number of pyridine rings is 1. The van der Waals surface area contributed by atoms with E-state index >= 15 is 0 Å². The van der Waals surface area contributed by atoms with Crippen molar-refractivity contribution in [2.24, 2.45) is 0 Å². The Morgan fingerprint density at radius 1 is 0.283 bits per heavy atom. The summed E-state index contributed by atoms with van der Waals surface area (Å²) in [5, 5.41) is 2.29. The summed E-state index contributed by atoms with van der Waals surface area (Å²) in [5.41, 5.74) is 9.25. The Labute approximate surface area is 267 Å². The van der Waals surface area contributed by atoms with Crippen LogP contribution in [0.15, 0.2) is 170 Å². The van der Waals surface area contributed by atoms with E-state index in [0.29, 0.717) is 17.5 Å². The smallest absolute Gasteiger partial charge is 0.164 e. The van der Waals surface area contributed by atoms with Gasteiger partial charge in [0.05, 0.1) is 5.69 Å². The molecule has 2 aromatic heterocycles. The maximum Gasteiger partial charge on any atom is 0.164 e. The molecule has 2 heterocycles. The summed E-state index contributed by atoms with van der Waals surface area (Å²) in [6, 6.07) is 56.2. The average Bonchev–Trinajstić information content (AvgIpc) is 3.15. The van der Waals surface area contributed by atoms with Crippen molar-refractivity contribution in [1.82, 2.24) is 19.9 Å². The molecule has 0 radical (unpaired) electrons. The minimum absolute atomic E-state index is 0.619. The highest BCUT2D eigenvalue weighted by Gasteiger charge is 2.14. The lowest BCUT2D eigenvalue weighted by Gasteiger charge is -2.11. The van der Waals surface area contributed by atoms with Crippen LogP contribution in [0.4, 0.5) is 0 Å². The number of fused-ring (bicyclic) bond motifs is 1. The Morgan fingerprint density at radius 3 is 1.28 bits per heavy atom. The molecule has 0 N–H and O–H groups in total. The molecule has 0 fully saturated rings. The van der Waals surface area contributed by atoms with Crippen LogP contribution in [0.2, 0.25) is 0 Å². The van der Waals surface area contributed by atoms with Gasteiger partial charge in [-0.15, -0.1) is 0 Å². The Hall–Kier alpha value is -6.26. The van der Waals surface area contributed by atoms with Crippen LogP contribution in [-0.2, 0) is 0 Å². The standard InChI is InChI=1S/C42H28N4/c1-3-11-29(12-4-1)33-17-9-19-36(25-33)41-44-40(45-42(46-41)37-20-10-18-34(26-37)30-13-5-2-6-14-30)32-23-21-31(22-24-32)39-27-35-15-7-8-16-38(35)28-43-39/h1-28H. The van der Waals surface area contributed by atoms with Gasteiger partial charge in [-0.05, 0) is 45.8 Å². The highest BCUT2D eigenvalue weighted by molar-refractivity contribution is 5.85. The molecule has 0 aliphatic carbocycles. The van der Waals surface area contributed by atoms with Crippen molar-refractivity contribution in [2.75, 3.05) is 0 Å². The van der Waals surface area contributed by atoms with E-state index < -0.39 is 0 Å². The third-order valence-corrected chi connectivity index (χ3v) is 8.16. The zero-order valence-electron chi connectivity index (χ0n) is 25.0. The Morgan fingerprint density at radius 2 is 0.717 bits per heavy atom. The van der Waals surface area contributed by atoms with Crippen molar-refractivity contribution in [3.8, 4) is 67.7 Å². The van der Waals surface area contributed by atoms with Crippen molar-refractivity contribution < 1.29 is 0 Å². The number of aromatic nitrogens is 4. The van der Waals surface area contributed by atoms with Crippen LogP contribution in [0.5, 0.6) is 0 Å². The lowest BCUT2D eigenvalue weighted by atomic mass is 10.0. The van der Waals surface area contributed by atoms with Crippen LogP contribution in [-0.4, -0.2) is 19.9 Å². The van der Waals surface area contributed by atoms with E-state index in [-0.39, 0.29) is 0 Å². The topological polar surface area (TPSA) is 51.6 Å². The molecule has 8 aromatic rings. The average molecular weight is 589 g/mol. The first-order chi connectivity index (χ1) is 22.8. The molecule has 0 unspecified atom stereocenters. The summed E-state index contributed by atoms with van der Waals surface area (Å²) in [6.07, 6.45) is 1.93. The van der Waals surface area contributed by atoms with Crippen LogP contribution in [0.3, 0.4) is 0 Å². The first-order valence-electron chi connectivity index (χ1n) is 15.3. The van der Waals surface area contributed by atoms with E-state index in [2.05, 4.69) is 146 Å². The van der Waals surface area contributed by atoms with Gasteiger partial charge >= 0.3 is 0 Å². The van der Waals surface area contributed by atoms with E-state index in [0.717, 1.165) is 55.6 Å². The summed E-state index contributed by atoms with van der Waals surface area (Å²) < 4.78 is 0. The lowest BCUT2D eigenvalue weighted by molar-refractivity contribution is 1.07. The Bertz CT molecular complexity index is 2200. The van der Waals surface area contributed by atoms with Crippen molar-refractivity contribution in [1.29, 1.82) is 0 Å². The van der Waals surface area contributed by atoms with Crippen molar-refractivity contribution in [3.05, 3.63) is 170 Å². The van der Waals surface area contributed by atoms with E-state index in [1.807, 2.05) is 24.4 Å². The molecule has 0 saturated carbocycles. The minimum atomic E-state index is 0.619. The highest BCUT2D eigenvalue weighted by Crippen LogP contribution is 2.31. The zero-order valence-corrected chi connectivity index (χ0v) is 25.0. The zero-order chi connectivity index (χ0) is 30.7. The van der Waals surface area contributed by atoms with E-state index in [4.69, 9.17) is 19.9 Å². The van der Waals surface area contributed by atoms with Crippen LogP contribution in [0.25, 0.3) is 78.4 Å². The molecule has 0 aliphatic rings. The normalized spacial score (nSPS) is 11.0. The van der Waals surface area contributed by atoms with Gasteiger partial charge < -0.3 is 0 Å². The largest absolute Gasteiger partial charge is 0.256 e. The summed E-state index contributed by atoms with van der Waals surface area (Å²) in [7, 11) is 0. The maximum absolute atomic E-state index is 5.03. The third-order valence-electron chi connectivity index (χ3n) is 8.16. The molecule has 4 heteroatoms. The first-order valence-corrected chi connectivity index (χ1v) is 15.3. The second-order valence-electron chi connectivity index (χ2n) is 11.2. The van der Waals surface area contributed by atoms with E-state index in [1.54, 1.807) is 0 Å². The Kier molecular flexibility index (Phi) is 7.14. The Balaban J connectivity index is 1.23. The molecule has 0 bridgehead atoms. The second-order valence-corrected chi connectivity index (χ2v) is 11.2. The van der Waals surface area contributed by atoms with Crippen LogP contribution in [0.1, 0.15) is 0 Å². The fourth-order valence-corrected chi connectivity index (χ4v) is 5.73. The van der Waals surface area contributed by atoms with Gasteiger partial charge in [-0.3, -0.25) is 4.98 Å². The molecule has 46 heavy (non-hydrogen) atoms. The quantitative estimate of drug-likeness (QED) is 0.194. The molecule has 0 aliphatic heterocycles. The number of nitrogens with zero attached hydrogens (tertiary/aromatic N) is 4. The molecule has 8 rings (SSSR count). The van der Waals surface area contributed by atoms with Gasteiger partial charge in [0.25, 0.3) is 0 Å². The number of hydrogen-bond donors (Lipinski definition) is 0. The highest BCUT2D eigenvalue weighted by atomic mass is 15.0. The number of hydrogen-bond acceptors (Lipinski definition) is 4. The van der Waals surface area contributed by atoms with Gasteiger partial charge in [0.15, 0.2) is 17.5 Å². The summed E-state index contributed by atoms with van der Waals surface area (Å²) in [6.45, 7) is 0. The molecule has 4 nitrogen and oxygen atoms in total. The molecule has 0 atom stereocenters. The van der Waals surface area contributed by atoms with E-state index in [1.165, 1.54) is 5.39 Å². The van der Waals surface area contributed by atoms with Crippen molar-refractivity contribution >= 4 is 10.8 Å². The predicted octanol–water partition coefficient (Wildman–Crippen LogP) is 10.4. The summed E-state index contributed by atoms with van der Waals surface area (Å²) in [4.78, 5) is 19.8. The van der Waals surface area contributed by atoms with Crippen molar-refractivity contribution in [2.45, 2.75) is 0 Å². The molecule has 0 amide bonds. The van der Waals surface area contributed by atoms with Crippen LogP contribution < -0.4 is 0 Å². The maximum atomic E-state index is 5.03. The minimum Gasteiger partial charge on any atom is -0.256 e. The second kappa shape index (κ2) is 12.0. The van der Waals surface area contributed by atoms with Crippen LogP contribution >= 0.6 is 0 Å². The molecular formula is C42H28N4. The fraction of sp³-hybridized carbons (Fsp3) is 0. The van der Waals surface area contributed by atoms with Gasteiger partial charge in [-0.25, -0.2) is 15.0 Å². The third kappa shape index (κ3) is 5.56. The first kappa shape index (κ1) is 27.3. The van der Waals surface area contributed by atoms with Gasteiger partial charge in [0.1, 0.15) is 0 Å². The summed E-state index contributed by atoms with van der Waals surface area (Å²) in [5.74, 6) is 1.87. The number of benzene rings is 6. The predicted molar refractivity (Wildman–Crippen MR) is 188 cm³/mol. The molecular weight excluding hydrogens is 560 g/mol. The summed E-state index contributed by atoms with van der Waals surface area (Å²) >= 11 is 0. The van der Waals surface area contributed by atoms with E-state index in [9.17, 15) is 0 Å². The molecule has 0 spiro atoms. The van der Waals surface area contributed by atoms with Gasteiger partial charge in [-0.1, -0.05) is 146 Å². The van der Waals surface area contributed by atoms with Crippen LogP contribution in [0, 0.1) is 0 Å².